The van der Waals surface area contributed by atoms with Crippen molar-refractivity contribution in [2.45, 2.75) is 0 Å². The van der Waals surface area contributed by atoms with E-state index in [-0.39, 0.29) is 11.7 Å². The predicted octanol–water partition coefficient (Wildman–Crippen LogP) is 1.88. The Balaban J connectivity index is 1.69. The highest BCUT2D eigenvalue weighted by Crippen LogP contribution is 2.18. The minimum absolute atomic E-state index is 0.115. The normalized spacial score (nSPS) is 14.4. The molecule has 24 heavy (non-hydrogen) atoms. The molecule has 0 bridgehead atoms. The lowest BCUT2D eigenvalue weighted by molar-refractivity contribution is -0.119. The summed E-state index contributed by atoms with van der Waals surface area (Å²) in [5.74, 6) is -0.423. The zero-order valence-corrected chi connectivity index (χ0v) is 13.0. The molecule has 0 atom stereocenters. The Bertz CT molecular complexity index is 728. The number of hydrogen-bond donors (Lipinski definition) is 1. The molecule has 1 N–H and O–H groups in total. The molecule has 0 spiro atoms. The number of nitrogens with one attached hydrogen (secondary N) is 1. The van der Waals surface area contributed by atoms with Gasteiger partial charge in [0.05, 0.1) is 17.4 Å². The number of halogens is 1. The van der Waals surface area contributed by atoms with Crippen molar-refractivity contribution in [3.05, 3.63) is 54.1 Å². The van der Waals surface area contributed by atoms with Crippen molar-refractivity contribution in [1.29, 1.82) is 0 Å². The smallest absolute Gasteiger partial charge is 0.255 e. The number of piperazine rings is 1. The Morgan fingerprint density at radius 3 is 2.46 bits per heavy atom. The minimum Gasteiger partial charge on any atom is -0.354 e. The van der Waals surface area contributed by atoms with Gasteiger partial charge in [-0.2, -0.15) is 0 Å². The van der Waals surface area contributed by atoms with Crippen molar-refractivity contribution >= 4 is 23.7 Å². The molecule has 1 saturated heterocycles. The van der Waals surface area contributed by atoms with E-state index in [0.717, 1.165) is 6.41 Å². The van der Waals surface area contributed by atoms with E-state index in [1.54, 1.807) is 34.2 Å². The monoisotopic (exact) mass is 328 g/mol. The second-order valence-electron chi connectivity index (χ2n) is 5.53. The first-order valence-corrected chi connectivity index (χ1v) is 7.62. The van der Waals surface area contributed by atoms with Gasteiger partial charge in [0.25, 0.3) is 5.91 Å². The fourth-order valence-corrected chi connectivity index (χ4v) is 2.54. The molecular formula is C17H17FN4O2. The number of nitrogens with zero attached hydrogens (tertiary/aromatic N) is 3. The number of benzene rings is 1. The molecule has 0 aliphatic carbocycles. The van der Waals surface area contributed by atoms with E-state index >= 15 is 0 Å². The molecule has 0 saturated carbocycles. The van der Waals surface area contributed by atoms with E-state index in [4.69, 9.17) is 0 Å². The first kappa shape index (κ1) is 15.9. The first-order valence-electron chi connectivity index (χ1n) is 7.62. The van der Waals surface area contributed by atoms with Crippen LogP contribution in [-0.2, 0) is 4.79 Å². The van der Waals surface area contributed by atoms with E-state index in [2.05, 4.69) is 10.3 Å². The highest BCUT2D eigenvalue weighted by molar-refractivity contribution is 5.95. The van der Waals surface area contributed by atoms with Crippen LogP contribution in [0, 0.1) is 5.82 Å². The standard InChI is InChI=1S/C17H17FN4O2/c18-14-1-3-15(4-2-14)20-16-9-13(10-19-11-16)17(24)22-7-5-21(12-23)6-8-22/h1-4,9-12,20H,5-8H2. The van der Waals surface area contributed by atoms with Crippen molar-refractivity contribution in [2.24, 2.45) is 0 Å². The SMILES string of the molecule is O=CN1CCN(C(=O)c2cncc(Nc3ccc(F)cc3)c2)CC1. The van der Waals surface area contributed by atoms with E-state index in [0.29, 0.717) is 43.1 Å². The number of hydrogen-bond acceptors (Lipinski definition) is 4. The van der Waals surface area contributed by atoms with Crippen LogP contribution in [0.15, 0.2) is 42.7 Å². The lowest BCUT2D eigenvalue weighted by atomic mass is 10.2. The molecule has 1 aromatic carbocycles. The average molecular weight is 328 g/mol. The van der Waals surface area contributed by atoms with Crippen LogP contribution < -0.4 is 5.32 Å². The van der Waals surface area contributed by atoms with Crippen LogP contribution in [0.2, 0.25) is 0 Å². The van der Waals surface area contributed by atoms with Crippen LogP contribution in [0.1, 0.15) is 10.4 Å². The Morgan fingerprint density at radius 2 is 1.79 bits per heavy atom. The summed E-state index contributed by atoms with van der Waals surface area (Å²) in [6.07, 6.45) is 3.92. The van der Waals surface area contributed by atoms with E-state index in [1.807, 2.05) is 0 Å². The van der Waals surface area contributed by atoms with Gasteiger partial charge >= 0.3 is 0 Å². The Morgan fingerprint density at radius 1 is 1.08 bits per heavy atom. The molecule has 7 heteroatoms. The maximum Gasteiger partial charge on any atom is 0.255 e. The third-order valence-corrected chi connectivity index (χ3v) is 3.87. The number of carbonyl (C=O) groups excluding carboxylic acids is 2. The van der Waals surface area contributed by atoms with Gasteiger partial charge < -0.3 is 15.1 Å². The third-order valence-electron chi connectivity index (χ3n) is 3.87. The van der Waals surface area contributed by atoms with Crippen molar-refractivity contribution < 1.29 is 14.0 Å². The maximum atomic E-state index is 12.9. The molecule has 1 aliphatic rings. The summed E-state index contributed by atoms with van der Waals surface area (Å²) in [5, 5.41) is 3.09. The molecule has 1 aliphatic heterocycles. The summed E-state index contributed by atoms with van der Waals surface area (Å²) in [5.41, 5.74) is 1.84. The summed E-state index contributed by atoms with van der Waals surface area (Å²) in [7, 11) is 0. The summed E-state index contributed by atoms with van der Waals surface area (Å²) in [6, 6.07) is 7.66. The highest BCUT2D eigenvalue weighted by atomic mass is 19.1. The van der Waals surface area contributed by atoms with Gasteiger partial charge in [0, 0.05) is 38.1 Å². The van der Waals surface area contributed by atoms with Crippen LogP contribution in [0.3, 0.4) is 0 Å². The molecule has 3 rings (SSSR count). The van der Waals surface area contributed by atoms with Gasteiger partial charge in [-0.15, -0.1) is 0 Å². The zero-order valence-electron chi connectivity index (χ0n) is 13.0. The highest BCUT2D eigenvalue weighted by Gasteiger charge is 2.21. The number of amides is 2. The zero-order chi connectivity index (χ0) is 16.9. The van der Waals surface area contributed by atoms with Crippen molar-refractivity contribution in [3.8, 4) is 0 Å². The molecular weight excluding hydrogens is 311 g/mol. The van der Waals surface area contributed by atoms with Crippen LogP contribution >= 0.6 is 0 Å². The van der Waals surface area contributed by atoms with Crippen LogP contribution in [0.5, 0.6) is 0 Å². The van der Waals surface area contributed by atoms with Crippen LogP contribution in [0.4, 0.5) is 15.8 Å². The summed E-state index contributed by atoms with van der Waals surface area (Å²) in [4.78, 5) is 30.7. The number of carbonyl (C=O) groups is 2. The van der Waals surface area contributed by atoms with Crippen molar-refractivity contribution in [2.75, 3.05) is 31.5 Å². The quantitative estimate of drug-likeness (QED) is 0.871. The number of rotatable bonds is 4. The molecule has 1 aromatic heterocycles. The first-order chi connectivity index (χ1) is 11.7. The fraction of sp³-hybridized carbons (Fsp3) is 0.235. The van der Waals surface area contributed by atoms with E-state index in [9.17, 15) is 14.0 Å². The van der Waals surface area contributed by atoms with Crippen LogP contribution in [-0.4, -0.2) is 53.3 Å². The van der Waals surface area contributed by atoms with Crippen LogP contribution in [0.25, 0.3) is 0 Å². The minimum atomic E-state index is -0.308. The summed E-state index contributed by atoms with van der Waals surface area (Å²) < 4.78 is 12.9. The Kier molecular flexibility index (Phi) is 4.69. The molecule has 2 amide bonds. The lowest BCUT2D eigenvalue weighted by Crippen LogP contribution is -2.48. The van der Waals surface area contributed by atoms with E-state index in [1.165, 1.54) is 18.3 Å². The van der Waals surface area contributed by atoms with Gasteiger partial charge in [0.15, 0.2) is 0 Å². The second kappa shape index (κ2) is 7.08. The Labute approximate surface area is 138 Å². The molecule has 2 heterocycles. The summed E-state index contributed by atoms with van der Waals surface area (Å²) >= 11 is 0. The molecule has 0 radical (unpaired) electrons. The number of anilines is 2. The summed E-state index contributed by atoms with van der Waals surface area (Å²) in [6.45, 7) is 2.09. The molecule has 124 valence electrons. The van der Waals surface area contributed by atoms with Gasteiger partial charge in [-0.25, -0.2) is 4.39 Å². The molecule has 1 fully saturated rings. The number of pyridine rings is 1. The van der Waals surface area contributed by atoms with Gasteiger partial charge in [0.1, 0.15) is 5.82 Å². The van der Waals surface area contributed by atoms with Gasteiger partial charge in [-0.1, -0.05) is 0 Å². The van der Waals surface area contributed by atoms with E-state index < -0.39 is 0 Å². The predicted molar refractivity (Wildman–Crippen MR) is 87.5 cm³/mol. The fourth-order valence-electron chi connectivity index (χ4n) is 2.54. The second-order valence-corrected chi connectivity index (χ2v) is 5.53. The van der Waals surface area contributed by atoms with Crippen molar-refractivity contribution in [1.82, 2.24) is 14.8 Å². The molecule has 6 nitrogen and oxygen atoms in total. The van der Waals surface area contributed by atoms with Crippen molar-refractivity contribution in [3.63, 3.8) is 0 Å². The molecule has 2 aromatic rings. The van der Waals surface area contributed by atoms with Gasteiger partial charge in [-0.3, -0.25) is 14.6 Å². The largest absolute Gasteiger partial charge is 0.354 e. The number of aromatic nitrogens is 1. The van der Waals surface area contributed by atoms with Gasteiger partial charge in [-0.05, 0) is 30.3 Å². The third kappa shape index (κ3) is 3.68. The van der Waals surface area contributed by atoms with Gasteiger partial charge in [0.2, 0.25) is 6.41 Å². The lowest BCUT2D eigenvalue weighted by Gasteiger charge is -2.32. The average Bonchev–Trinajstić information content (AvgIpc) is 2.63. The topological polar surface area (TPSA) is 65.5 Å². The maximum absolute atomic E-state index is 12.9. The molecule has 0 unspecified atom stereocenters. The Hall–Kier alpha value is -2.96.